The van der Waals surface area contributed by atoms with Gasteiger partial charge in [-0.05, 0) is 102 Å². The highest BCUT2D eigenvalue weighted by atomic mass is 127. The highest BCUT2D eigenvalue weighted by molar-refractivity contribution is 14.1. The van der Waals surface area contributed by atoms with E-state index >= 15 is 0 Å². The van der Waals surface area contributed by atoms with Crippen molar-refractivity contribution in [2.75, 3.05) is 18.5 Å². The lowest BCUT2D eigenvalue weighted by molar-refractivity contribution is -0.384. The van der Waals surface area contributed by atoms with Crippen molar-refractivity contribution >= 4 is 45.9 Å². The lowest BCUT2D eigenvalue weighted by atomic mass is 10.1. The van der Waals surface area contributed by atoms with Gasteiger partial charge >= 0.3 is 0 Å². The first-order chi connectivity index (χ1) is 17.8. The number of rotatable bonds is 11. The molecule has 0 atom stereocenters. The number of halogens is 1. The fourth-order valence-electron chi connectivity index (χ4n) is 3.26. The molecular formula is C27H24IN3O6. The lowest BCUT2D eigenvalue weighted by Crippen LogP contribution is -2.13. The van der Waals surface area contributed by atoms with Crippen molar-refractivity contribution in [1.82, 2.24) is 0 Å². The Morgan fingerprint density at radius 3 is 2.32 bits per heavy atom. The number of nitriles is 1. The van der Waals surface area contributed by atoms with Crippen LogP contribution >= 0.6 is 22.6 Å². The van der Waals surface area contributed by atoms with Crippen molar-refractivity contribution < 1.29 is 23.9 Å². The fraction of sp³-hybridized carbons (Fsp3) is 0.185. The molecule has 0 aliphatic rings. The number of nitrogens with one attached hydrogen (secondary N) is 1. The summed E-state index contributed by atoms with van der Waals surface area (Å²) in [6.45, 7) is 4.81. The maximum atomic E-state index is 12.7. The highest BCUT2D eigenvalue weighted by Gasteiger charge is 2.15. The molecular weight excluding hydrogens is 589 g/mol. The summed E-state index contributed by atoms with van der Waals surface area (Å²) >= 11 is 2.09. The van der Waals surface area contributed by atoms with Crippen molar-refractivity contribution in [2.24, 2.45) is 0 Å². The van der Waals surface area contributed by atoms with Crippen molar-refractivity contribution in [2.45, 2.75) is 20.5 Å². The Labute approximate surface area is 227 Å². The average molecular weight is 613 g/mol. The number of carbonyl (C=O) groups excluding carboxylic acids is 1. The Bertz CT molecular complexity index is 1330. The summed E-state index contributed by atoms with van der Waals surface area (Å²) < 4.78 is 17.8. The Morgan fingerprint density at radius 2 is 1.73 bits per heavy atom. The van der Waals surface area contributed by atoms with Crippen LogP contribution in [0.15, 0.2) is 66.2 Å². The highest BCUT2D eigenvalue weighted by Crippen LogP contribution is 2.35. The van der Waals surface area contributed by atoms with Crippen molar-refractivity contribution in [3.63, 3.8) is 0 Å². The van der Waals surface area contributed by atoms with Crippen LogP contribution in [0, 0.1) is 25.0 Å². The number of carbonyl (C=O) groups is 1. The molecule has 0 saturated carbocycles. The SMILES string of the molecule is CCOc1ccc(NC(=O)/C(C#N)=C\c2cc(I)c(OCc3ccc([N+](=O)[O-])cc3)c(OCC)c2)cc1. The number of hydrogen-bond acceptors (Lipinski definition) is 7. The van der Waals surface area contributed by atoms with Crippen LogP contribution in [-0.2, 0) is 11.4 Å². The summed E-state index contributed by atoms with van der Waals surface area (Å²) in [7, 11) is 0. The van der Waals surface area contributed by atoms with E-state index in [2.05, 4.69) is 27.9 Å². The van der Waals surface area contributed by atoms with E-state index in [9.17, 15) is 20.2 Å². The van der Waals surface area contributed by atoms with Crippen molar-refractivity contribution in [1.29, 1.82) is 5.26 Å². The molecule has 0 bridgehead atoms. The standard InChI is InChI=1S/C27H24IN3O6/c1-3-35-23-11-7-21(8-12-23)30-27(32)20(16-29)13-19-14-24(28)26(25(15-19)36-4-2)37-17-18-5-9-22(10-6-18)31(33)34/h5-15H,3-4,17H2,1-2H3,(H,30,32)/b20-13-. The normalized spacial score (nSPS) is 10.8. The molecule has 0 heterocycles. The minimum absolute atomic E-state index is 0.00401. The zero-order valence-corrected chi connectivity index (χ0v) is 22.4. The summed E-state index contributed by atoms with van der Waals surface area (Å²) in [4.78, 5) is 23.1. The van der Waals surface area contributed by atoms with Gasteiger partial charge < -0.3 is 19.5 Å². The van der Waals surface area contributed by atoms with Gasteiger partial charge in [0.25, 0.3) is 11.6 Å². The molecule has 3 aromatic rings. The van der Waals surface area contributed by atoms with Crippen LogP contribution in [0.1, 0.15) is 25.0 Å². The molecule has 1 amide bonds. The first kappa shape index (κ1) is 27.5. The second-order valence-electron chi connectivity index (χ2n) is 7.56. The number of benzene rings is 3. The summed E-state index contributed by atoms with van der Waals surface area (Å²) in [5, 5.41) is 23.2. The summed E-state index contributed by atoms with van der Waals surface area (Å²) in [6, 6.07) is 18.4. The van der Waals surface area contributed by atoms with Gasteiger partial charge in [-0.25, -0.2) is 0 Å². The third-order valence-corrected chi connectivity index (χ3v) is 5.76. The van der Waals surface area contributed by atoms with Crippen LogP contribution in [0.5, 0.6) is 17.2 Å². The topological polar surface area (TPSA) is 124 Å². The zero-order chi connectivity index (χ0) is 26.8. The number of anilines is 1. The number of nitro benzene ring substituents is 1. The number of ether oxygens (including phenoxy) is 3. The van der Waals surface area contributed by atoms with Crippen LogP contribution in [0.25, 0.3) is 6.08 Å². The van der Waals surface area contributed by atoms with Gasteiger partial charge in [0.15, 0.2) is 11.5 Å². The zero-order valence-electron chi connectivity index (χ0n) is 20.2. The molecule has 0 radical (unpaired) electrons. The van der Waals surface area contributed by atoms with Crippen LogP contribution in [0.4, 0.5) is 11.4 Å². The molecule has 0 aliphatic carbocycles. The van der Waals surface area contributed by atoms with Gasteiger partial charge in [-0.2, -0.15) is 5.26 Å². The van der Waals surface area contributed by atoms with E-state index in [1.54, 1.807) is 48.5 Å². The number of amides is 1. The molecule has 0 aromatic heterocycles. The maximum absolute atomic E-state index is 12.7. The van der Waals surface area contributed by atoms with Crippen LogP contribution in [0.2, 0.25) is 0 Å². The molecule has 0 aliphatic heterocycles. The minimum Gasteiger partial charge on any atom is -0.494 e. The fourth-order valence-corrected chi connectivity index (χ4v) is 4.04. The van der Waals surface area contributed by atoms with Gasteiger partial charge in [0, 0.05) is 17.8 Å². The van der Waals surface area contributed by atoms with Gasteiger partial charge in [0.05, 0.1) is 21.7 Å². The Kier molecular flexibility index (Phi) is 9.85. The van der Waals surface area contributed by atoms with Gasteiger partial charge in [0.1, 0.15) is 24.0 Å². The molecule has 0 saturated heterocycles. The predicted molar refractivity (Wildman–Crippen MR) is 148 cm³/mol. The number of nitrogens with zero attached hydrogens (tertiary/aromatic N) is 2. The average Bonchev–Trinajstić information content (AvgIpc) is 2.88. The van der Waals surface area contributed by atoms with Gasteiger partial charge in [-0.1, -0.05) is 0 Å². The lowest BCUT2D eigenvalue weighted by Gasteiger charge is -2.15. The van der Waals surface area contributed by atoms with Crippen LogP contribution in [-0.4, -0.2) is 24.0 Å². The van der Waals surface area contributed by atoms with Crippen LogP contribution in [0.3, 0.4) is 0 Å². The van der Waals surface area contributed by atoms with E-state index in [4.69, 9.17) is 14.2 Å². The van der Waals surface area contributed by atoms with Crippen molar-refractivity contribution in [3.05, 3.63) is 91.0 Å². The monoisotopic (exact) mass is 613 g/mol. The molecule has 1 N–H and O–H groups in total. The van der Waals surface area contributed by atoms with Crippen LogP contribution < -0.4 is 19.5 Å². The van der Waals surface area contributed by atoms with E-state index in [0.717, 1.165) is 5.56 Å². The van der Waals surface area contributed by atoms with Gasteiger partial charge in [-0.15, -0.1) is 0 Å². The van der Waals surface area contributed by atoms with E-state index in [0.29, 0.717) is 45.3 Å². The third kappa shape index (κ3) is 7.68. The molecule has 0 spiro atoms. The molecule has 190 valence electrons. The van der Waals surface area contributed by atoms with E-state index in [-0.39, 0.29) is 17.9 Å². The largest absolute Gasteiger partial charge is 0.494 e. The van der Waals surface area contributed by atoms with Gasteiger partial charge in [-0.3, -0.25) is 14.9 Å². The molecule has 3 rings (SSSR count). The molecule has 37 heavy (non-hydrogen) atoms. The van der Waals surface area contributed by atoms with E-state index < -0.39 is 10.8 Å². The second-order valence-corrected chi connectivity index (χ2v) is 8.72. The summed E-state index contributed by atoms with van der Waals surface area (Å²) in [5.74, 6) is 1.09. The number of non-ortho nitro benzene ring substituents is 1. The molecule has 0 fully saturated rings. The summed E-state index contributed by atoms with van der Waals surface area (Å²) in [6.07, 6.45) is 1.48. The summed E-state index contributed by atoms with van der Waals surface area (Å²) in [5.41, 5.74) is 1.81. The number of nitro groups is 1. The predicted octanol–water partition coefficient (Wildman–Crippen LogP) is 6.12. The maximum Gasteiger partial charge on any atom is 0.269 e. The third-order valence-electron chi connectivity index (χ3n) is 4.96. The quantitative estimate of drug-likeness (QED) is 0.0909. The second kappa shape index (κ2) is 13.3. The molecule has 10 heteroatoms. The number of hydrogen-bond donors (Lipinski definition) is 1. The Hall–Kier alpha value is -4.11. The van der Waals surface area contributed by atoms with Crippen molar-refractivity contribution in [3.8, 4) is 23.3 Å². The molecule has 0 unspecified atom stereocenters. The molecule has 9 nitrogen and oxygen atoms in total. The first-order valence-electron chi connectivity index (χ1n) is 11.3. The Morgan fingerprint density at radius 1 is 1.05 bits per heavy atom. The first-order valence-corrected chi connectivity index (χ1v) is 12.4. The molecule has 3 aromatic carbocycles. The minimum atomic E-state index is -0.543. The van der Waals surface area contributed by atoms with E-state index in [1.807, 2.05) is 19.9 Å². The smallest absolute Gasteiger partial charge is 0.269 e. The Balaban J connectivity index is 1.78. The van der Waals surface area contributed by atoms with E-state index in [1.165, 1.54) is 18.2 Å². The van der Waals surface area contributed by atoms with Gasteiger partial charge in [0.2, 0.25) is 0 Å².